The number of rotatable bonds is 6. The SMILES string of the molecule is O=C(CCC1CCCC1)NCC1(C(=O)O)CCCCCC1. The molecule has 2 N–H and O–H groups in total. The van der Waals surface area contributed by atoms with E-state index in [-0.39, 0.29) is 5.91 Å². The Hall–Kier alpha value is -1.06. The molecule has 0 atom stereocenters. The molecule has 0 saturated heterocycles. The molecule has 0 heterocycles. The van der Waals surface area contributed by atoms with Crippen LogP contribution in [0.2, 0.25) is 0 Å². The zero-order valence-electron chi connectivity index (χ0n) is 13.0. The second-order valence-electron chi connectivity index (χ2n) is 6.97. The van der Waals surface area contributed by atoms with E-state index in [1.807, 2.05) is 0 Å². The van der Waals surface area contributed by atoms with E-state index < -0.39 is 11.4 Å². The lowest BCUT2D eigenvalue weighted by Gasteiger charge is -2.28. The van der Waals surface area contributed by atoms with Crippen molar-refractivity contribution in [1.29, 1.82) is 0 Å². The van der Waals surface area contributed by atoms with Gasteiger partial charge in [0.2, 0.25) is 5.91 Å². The summed E-state index contributed by atoms with van der Waals surface area (Å²) >= 11 is 0. The number of carboxylic acid groups (broad SMARTS) is 1. The Morgan fingerprint density at radius 3 is 2.19 bits per heavy atom. The van der Waals surface area contributed by atoms with Crippen molar-refractivity contribution in [3.63, 3.8) is 0 Å². The molecular formula is C17H29NO3. The molecule has 4 nitrogen and oxygen atoms in total. The van der Waals surface area contributed by atoms with Gasteiger partial charge in [-0.1, -0.05) is 51.4 Å². The summed E-state index contributed by atoms with van der Waals surface area (Å²) in [5.41, 5.74) is -0.723. The van der Waals surface area contributed by atoms with Crippen LogP contribution < -0.4 is 5.32 Å². The minimum absolute atomic E-state index is 0.0340. The predicted molar refractivity (Wildman–Crippen MR) is 82.0 cm³/mol. The van der Waals surface area contributed by atoms with E-state index in [1.54, 1.807) is 0 Å². The van der Waals surface area contributed by atoms with Crippen molar-refractivity contribution in [2.75, 3.05) is 6.54 Å². The van der Waals surface area contributed by atoms with Crippen molar-refractivity contribution in [3.8, 4) is 0 Å². The number of hydrogen-bond donors (Lipinski definition) is 2. The topological polar surface area (TPSA) is 66.4 Å². The first-order valence-corrected chi connectivity index (χ1v) is 8.62. The van der Waals surface area contributed by atoms with Crippen LogP contribution >= 0.6 is 0 Å². The van der Waals surface area contributed by atoms with Gasteiger partial charge < -0.3 is 10.4 Å². The highest BCUT2D eigenvalue weighted by atomic mass is 16.4. The van der Waals surface area contributed by atoms with Crippen LogP contribution in [0.4, 0.5) is 0 Å². The third kappa shape index (κ3) is 4.72. The van der Waals surface area contributed by atoms with Gasteiger partial charge >= 0.3 is 5.97 Å². The number of amides is 1. The highest BCUT2D eigenvalue weighted by molar-refractivity contribution is 5.79. The van der Waals surface area contributed by atoms with Gasteiger partial charge in [-0.15, -0.1) is 0 Å². The molecule has 0 aromatic rings. The summed E-state index contributed by atoms with van der Waals surface area (Å²) in [5.74, 6) is 0.00864. The average Bonchev–Trinajstić information content (AvgIpc) is 2.87. The minimum Gasteiger partial charge on any atom is -0.481 e. The Labute approximate surface area is 127 Å². The van der Waals surface area contributed by atoms with E-state index in [2.05, 4.69) is 5.32 Å². The molecule has 1 amide bonds. The maximum absolute atomic E-state index is 12.0. The third-order valence-corrected chi connectivity index (χ3v) is 5.39. The van der Waals surface area contributed by atoms with Gasteiger partial charge in [0.05, 0.1) is 5.41 Å². The van der Waals surface area contributed by atoms with Crippen molar-refractivity contribution in [2.24, 2.45) is 11.3 Å². The average molecular weight is 295 g/mol. The van der Waals surface area contributed by atoms with Gasteiger partial charge in [-0.3, -0.25) is 9.59 Å². The number of hydrogen-bond acceptors (Lipinski definition) is 2. The van der Waals surface area contributed by atoms with E-state index in [9.17, 15) is 14.7 Å². The predicted octanol–water partition coefficient (Wildman–Crippen LogP) is 3.50. The van der Waals surface area contributed by atoms with Crippen LogP contribution in [0.15, 0.2) is 0 Å². The molecule has 0 spiro atoms. The molecule has 2 aliphatic rings. The van der Waals surface area contributed by atoms with Crippen molar-refractivity contribution in [1.82, 2.24) is 5.32 Å². The highest BCUT2D eigenvalue weighted by Gasteiger charge is 2.38. The number of aliphatic carboxylic acids is 1. The monoisotopic (exact) mass is 295 g/mol. The lowest BCUT2D eigenvalue weighted by atomic mass is 9.80. The second kappa shape index (κ2) is 7.81. The summed E-state index contributed by atoms with van der Waals surface area (Å²) in [5, 5.41) is 12.5. The zero-order chi connectivity index (χ0) is 15.1. The van der Waals surface area contributed by atoms with Crippen LogP contribution in [0.25, 0.3) is 0 Å². The number of carbonyl (C=O) groups is 2. The Morgan fingerprint density at radius 2 is 1.62 bits per heavy atom. The first-order chi connectivity index (χ1) is 10.1. The quantitative estimate of drug-likeness (QED) is 0.737. The minimum atomic E-state index is -0.736. The fourth-order valence-electron chi connectivity index (χ4n) is 3.86. The van der Waals surface area contributed by atoms with Gasteiger partial charge in [0.25, 0.3) is 0 Å². The molecule has 0 aromatic heterocycles. The van der Waals surface area contributed by atoms with E-state index in [0.717, 1.165) is 32.1 Å². The number of nitrogens with one attached hydrogen (secondary N) is 1. The van der Waals surface area contributed by atoms with Gasteiger partial charge in [-0.2, -0.15) is 0 Å². The molecule has 4 heteroatoms. The van der Waals surface area contributed by atoms with Crippen molar-refractivity contribution < 1.29 is 14.7 Å². The molecule has 21 heavy (non-hydrogen) atoms. The van der Waals surface area contributed by atoms with Gasteiger partial charge in [0.1, 0.15) is 0 Å². The molecule has 0 aliphatic heterocycles. The fraction of sp³-hybridized carbons (Fsp3) is 0.882. The van der Waals surface area contributed by atoms with Crippen LogP contribution in [-0.4, -0.2) is 23.5 Å². The van der Waals surface area contributed by atoms with Crippen LogP contribution in [0.3, 0.4) is 0 Å². The Bertz CT molecular complexity index is 353. The van der Waals surface area contributed by atoms with E-state index >= 15 is 0 Å². The van der Waals surface area contributed by atoms with Crippen LogP contribution in [-0.2, 0) is 9.59 Å². The smallest absolute Gasteiger partial charge is 0.311 e. The van der Waals surface area contributed by atoms with Crippen molar-refractivity contribution in [2.45, 2.75) is 77.0 Å². The van der Waals surface area contributed by atoms with Gasteiger partial charge in [-0.05, 0) is 25.2 Å². The maximum Gasteiger partial charge on any atom is 0.311 e. The molecule has 0 bridgehead atoms. The summed E-state index contributed by atoms with van der Waals surface area (Å²) in [4.78, 5) is 23.6. The molecule has 2 rings (SSSR count). The van der Waals surface area contributed by atoms with E-state index in [1.165, 1.54) is 25.7 Å². The Morgan fingerprint density at radius 1 is 1.00 bits per heavy atom. The van der Waals surface area contributed by atoms with Gasteiger partial charge in [-0.25, -0.2) is 0 Å². The molecule has 0 unspecified atom stereocenters. The Kier molecular flexibility index (Phi) is 6.07. The highest BCUT2D eigenvalue weighted by Crippen LogP contribution is 2.35. The molecule has 0 radical (unpaired) electrons. The third-order valence-electron chi connectivity index (χ3n) is 5.39. The van der Waals surface area contributed by atoms with Crippen LogP contribution in [0.1, 0.15) is 77.0 Å². The molecule has 0 aromatic carbocycles. The summed E-state index contributed by atoms with van der Waals surface area (Å²) in [6.07, 6.45) is 12.2. The van der Waals surface area contributed by atoms with Crippen LogP contribution in [0.5, 0.6) is 0 Å². The Balaban J connectivity index is 1.77. The van der Waals surface area contributed by atoms with Crippen molar-refractivity contribution in [3.05, 3.63) is 0 Å². The normalized spacial score (nSPS) is 22.7. The summed E-state index contributed by atoms with van der Waals surface area (Å²) in [6, 6.07) is 0. The molecule has 2 saturated carbocycles. The van der Waals surface area contributed by atoms with Gasteiger partial charge in [0, 0.05) is 13.0 Å². The maximum atomic E-state index is 12.0. The molecule has 2 fully saturated rings. The van der Waals surface area contributed by atoms with Gasteiger partial charge in [0.15, 0.2) is 0 Å². The molecule has 2 aliphatic carbocycles. The standard InChI is InChI=1S/C17H29NO3/c19-15(10-9-14-7-3-4-8-14)18-13-17(16(20)21)11-5-1-2-6-12-17/h14H,1-13H2,(H,18,19)(H,20,21). The fourth-order valence-corrected chi connectivity index (χ4v) is 3.86. The molecule has 120 valence electrons. The summed E-state index contributed by atoms with van der Waals surface area (Å²) in [7, 11) is 0. The summed E-state index contributed by atoms with van der Waals surface area (Å²) < 4.78 is 0. The second-order valence-corrected chi connectivity index (χ2v) is 6.97. The lowest BCUT2D eigenvalue weighted by molar-refractivity contribution is -0.149. The van der Waals surface area contributed by atoms with E-state index in [4.69, 9.17) is 0 Å². The molecular weight excluding hydrogens is 266 g/mol. The van der Waals surface area contributed by atoms with Crippen LogP contribution in [0, 0.1) is 11.3 Å². The van der Waals surface area contributed by atoms with E-state index in [0.29, 0.717) is 31.7 Å². The lowest BCUT2D eigenvalue weighted by Crippen LogP contribution is -2.42. The zero-order valence-corrected chi connectivity index (χ0v) is 13.0. The number of carbonyl (C=O) groups excluding carboxylic acids is 1. The first kappa shape index (κ1) is 16.3. The van der Waals surface area contributed by atoms with Crippen molar-refractivity contribution >= 4 is 11.9 Å². The largest absolute Gasteiger partial charge is 0.481 e. The summed E-state index contributed by atoms with van der Waals surface area (Å²) in [6.45, 7) is 0.311. The number of carboxylic acids is 1. The first-order valence-electron chi connectivity index (χ1n) is 8.62.